The Bertz CT molecular complexity index is 227. The van der Waals surface area contributed by atoms with Crippen molar-refractivity contribution in [2.45, 2.75) is 31.7 Å². The third-order valence-electron chi connectivity index (χ3n) is 3.39. The van der Waals surface area contributed by atoms with E-state index in [1.165, 1.54) is 0 Å². The van der Waals surface area contributed by atoms with Gasteiger partial charge in [-0.1, -0.05) is 0 Å². The molecule has 0 aromatic carbocycles. The van der Waals surface area contributed by atoms with E-state index in [9.17, 15) is 4.79 Å². The van der Waals surface area contributed by atoms with Crippen LogP contribution in [0.2, 0.25) is 0 Å². The van der Waals surface area contributed by atoms with E-state index in [0.717, 1.165) is 51.5 Å². The van der Waals surface area contributed by atoms with Gasteiger partial charge in [-0.05, 0) is 25.2 Å². The van der Waals surface area contributed by atoms with E-state index in [1.54, 1.807) is 0 Å². The molecular formula is C11H20N2O2. The average Bonchev–Trinajstić information content (AvgIpc) is 2.56. The van der Waals surface area contributed by atoms with Crippen LogP contribution in [0, 0.1) is 5.92 Å². The van der Waals surface area contributed by atoms with Gasteiger partial charge in [-0.25, -0.2) is 0 Å². The van der Waals surface area contributed by atoms with Crippen molar-refractivity contribution in [3.63, 3.8) is 0 Å². The van der Waals surface area contributed by atoms with Crippen molar-refractivity contribution in [3.8, 4) is 0 Å². The Morgan fingerprint density at radius 3 is 2.73 bits per heavy atom. The third-order valence-corrected chi connectivity index (χ3v) is 3.39. The molecule has 0 aromatic rings. The van der Waals surface area contributed by atoms with Crippen LogP contribution in [0.5, 0.6) is 0 Å². The van der Waals surface area contributed by atoms with Gasteiger partial charge in [-0.3, -0.25) is 4.79 Å². The summed E-state index contributed by atoms with van der Waals surface area (Å²) in [6.07, 6.45) is 3.94. The maximum atomic E-state index is 11.5. The fourth-order valence-corrected chi connectivity index (χ4v) is 2.39. The fourth-order valence-electron chi connectivity index (χ4n) is 2.39. The van der Waals surface area contributed by atoms with Gasteiger partial charge in [-0.15, -0.1) is 0 Å². The first kappa shape index (κ1) is 10.9. The molecule has 2 saturated heterocycles. The summed E-state index contributed by atoms with van der Waals surface area (Å²) in [5.41, 5.74) is 5.74. The molecule has 2 rings (SSSR count). The second-order valence-electron chi connectivity index (χ2n) is 4.65. The van der Waals surface area contributed by atoms with Crippen LogP contribution in [-0.2, 0) is 9.53 Å². The lowest BCUT2D eigenvalue weighted by Gasteiger charge is -2.24. The van der Waals surface area contributed by atoms with Crippen molar-refractivity contribution >= 4 is 5.91 Å². The van der Waals surface area contributed by atoms with Crippen molar-refractivity contribution in [3.05, 3.63) is 0 Å². The Labute approximate surface area is 90.8 Å². The highest BCUT2D eigenvalue weighted by Crippen LogP contribution is 2.20. The predicted octanol–water partition coefficient (Wildman–Crippen LogP) is 0.363. The minimum Gasteiger partial charge on any atom is -0.381 e. The Morgan fingerprint density at radius 1 is 1.40 bits per heavy atom. The van der Waals surface area contributed by atoms with E-state index < -0.39 is 0 Å². The lowest BCUT2D eigenvalue weighted by Crippen LogP contribution is -2.31. The molecule has 2 heterocycles. The molecule has 2 N–H and O–H groups in total. The minimum absolute atomic E-state index is 0.0622. The highest BCUT2D eigenvalue weighted by molar-refractivity contribution is 5.79. The van der Waals surface area contributed by atoms with Gasteiger partial charge in [0.25, 0.3) is 0 Å². The summed E-state index contributed by atoms with van der Waals surface area (Å²) >= 11 is 0. The smallest absolute Gasteiger partial charge is 0.224 e. The topological polar surface area (TPSA) is 55.6 Å². The molecule has 0 radical (unpaired) electrons. The molecule has 0 saturated carbocycles. The Kier molecular flexibility index (Phi) is 3.59. The van der Waals surface area contributed by atoms with Crippen LogP contribution in [0.1, 0.15) is 25.7 Å². The number of hydrogen-bond donors (Lipinski definition) is 1. The molecule has 86 valence electrons. The van der Waals surface area contributed by atoms with E-state index in [2.05, 4.69) is 0 Å². The zero-order chi connectivity index (χ0) is 10.7. The molecule has 2 aliphatic heterocycles. The van der Waals surface area contributed by atoms with Gasteiger partial charge in [0.15, 0.2) is 0 Å². The Morgan fingerprint density at radius 2 is 2.13 bits per heavy atom. The summed E-state index contributed by atoms with van der Waals surface area (Å²) in [4.78, 5) is 13.4. The monoisotopic (exact) mass is 212 g/mol. The second kappa shape index (κ2) is 4.94. The quantitative estimate of drug-likeness (QED) is 0.735. The molecular weight excluding hydrogens is 192 g/mol. The van der Waals surface area contributed by atoms with Crippen molar-refractivity contribution in [2.75, 3.05) is 26.3 Å². The molecule has 0 aliphatic carbocycles. The first-order valence-corrected chi connectivity index (χ1v) is 5.87. The molecule has 1 atom stereocenters. The van der Waals surface area contributed by atoms with E-state index in [4.69, 9.17) is 10.5 Å². The summed E-state index contributed by atoms with van der Waals surface area (Å²) in [6, 6.07) is 0.0622. The van der Waals surface area contributed by atoms with Crippen LogP contribution in [0.25, 0.3) is 0 Å². The van der Waals surface area contributed by atoms with Gasteiger partial charge >= 0.3 is 0 Å². The van der Waals surface area contributed by atoms with E-state index in [0.29, 0.717) is 6.42 Å². The number of likely N-dealkylation sites (tertiary alicyclic amines) is 1. The standard InChI is InChI=1S/C11H20N2O2/c12-10-7-11(14)13(8-10)4-1-9-2-5-15-6-3-9/h9-10H,1-8,12H2. The van der Waals surface area contributed by atoms with Crippen molar-refractivity contribution in [1.82, 2.24) is 4.90 Å². The van der Waals surface area contributed by atoms with Crippen molar-refractivity contribution in [1.29, 1.82) is 0 Å². The van der Waals surface area contributed by atoms with E-state index >= 15 is 0 Å². The minimum atomic E-state index is 0.0622. The largest absolute Gasteiger partial charge is 0.381 e. The van der Waals surface area contributed by atoms with Gasteiger partial charge in [0.05, 0.1) is 0 Å². The van der Waals surface area contributed by atoms with Crippen molar-refractivity contribution in [2.24, 2.45) is 11.7 Å². The molecule has 1 amide bonds. The average molecular weight is 212 g/mol. The summed E-state index contributed by atoms with van der Waals surface area (Å²) in [6.45, 7) is 3.41. The molecule has 4 nitrogen and oxygen atoms in total. The van der Waals surface area contributed by atoms with E-state index in [-0.39, 0.29) is 11.9 Å². The Hall–Kier alpha value is -0.610. The van der Waals surface area contributed by atoms with Crippen LogP contribution in [0.3, 0.4) is 0 Å². The van der Waals surface area contributed by atoms with Gasteiger partial charge in [-0.2, -0.15) is 0 Å². The normalized spacial score (nSPS) is 28.7. The lowest BCUT2D eigenvalue weighted by molar-refractivity contribution is -0.127. The predicted molar refractivity (Wildman–Crippen MR) is 57.3 cm³/mol. The summed E-state index contributed by atoms with van der Waals surface area (Å²) in [5.74, 6) is 0.970. The number of nitrogens with two attached hydrogens (primary N) is 1. The molecule has 0 spiro atoms. The number of amides is 1. The maximum Gasteiger partial charge on any atom is 0.224 e. The number of carbonyl (C=O) groups excluding carboxylic acids is 1. The first-order valence-electron chi connectivity index (χ1n) is 5.87. The molecule has 2 fully saturated rings. The summed E-state index contributed by atoms with van der Waals surface area (Å²) in [7, 11) is 0. The van der Waals surface area contributed by atoms with Gasteiger partial charge < -0.3 is 15.4 Å². The number of ether oxygens (including phenoxy) is 1. The second-order valence-corrected chi connectivity index (χ2v) is 4.65. The van der Waals surface area contributed by atoms with Gasteiger partial charge in [0.1, 0.15) is 0 Å². The third kappa shape index (κ3) is 2.92. The molecule has 0 bridgehead atoms. The SMILES string of the molecule is NC1CC(=O)N(CCC2CCOCC2)C1. The molecule has 0 aromatic heterocycles. The van der Waals surface area contributed by atoms with Gasteiger partial charge in [0, 0.05) is 38.8 Å². The van der Waals surface area contributed by atoms with Crippen LogP contribution in [-0.4, -0.2) is 43.2 Å². The first-order chi connectivity index (χ1) is 7.25. The molecule has 15 heavy (non-hydrogen) atoms. The summed E-state index contributed by atoms with van der Waals surface area (Å²) in [5, 5.41) is 0. The number of nitrogens with zero attached hydrogens (tertiary/aromatic N) is 1. The molecule has 1 unspecified atom stereocenters. The zero-order valence-electron chi connectivity index (χ0n) is 9.15. The number of carbonyl (C=O) groups is 1. The fraction of sp³-hybridized carbons (Fsp3) is 0.909. The lowest BCUT2D eigenvalue weighted by atomic mass is 9.96. The maximum absolute atomic E-state index is 11.5. The number of hydrogen-bond acceptors (Lipinski definition) is 3. The Balaban J connectivity index is 1.70. The van der Waals surface area contributed by atoms with Gasteiger partial charge in [0.2, 0.25) is 5.91 Å². The summed E-state index contributed by atoms with van der Waals surface area (Å²) < 4.78 is 5.31. The van der Waals surface area contributed by atoms with Crippen molar-refractivity contribution < 1.29 is 9.53 Å². The van der Waals surface area contributed by atoms with Crippen LogP contribution in [0.15, 0.2) is 0 Å². The van der Waals surface area contributed by atoms with Crippen LogP contribution >= 0.6 is 0 Å². The van der Waals surface area contributed by atoms with Crippen LogP contribution < -0.4 is 5.73 Å². The number of rotatable bonds is 3. The van der Waals surface area contributed by atoms with E-state index in [1.807, 2.05) is 4.90 Å². The highest BCUT2D eigenvalue weighted by atomic mass is 16.5. The molecule has 2 aliphatic rings. The van der Waals surface area contributed by atoms with Crippen LogP contribution in [0.4, 0.5) is 0 Å². The zero-order valence-corrected chi connectivity index (χ0v) is 9.15. The highest BCUT2D eigenvalue weighted by Gasteiger charge is 2.27. The molecule has 4 heteroatoms.